The molecule has 0 aromatic heterocycles. The van der Waals surface area contributed by atoms with Gasteiger partial charge in [-0.25, -0.2) is 0 Å². The van der Waals surface area contributed by atoms with Crippen LogP contribution in [0.4, 0.5) is 0 Å². The predicted octanol–water partition coefficient (Wildman–Crippen LogP) is -0.480. The van der Waals surface area contributed by atoms with Gasteiger partial charge in [-0.2, -0.15) is 11.5 Å². The zero-order chi connectivity index (χ0) is 5.82. The van der Waals surface area contributed by atoms with E-state index < -0.39 is 0 Å². The fraction of sp³-hybridized carbons (Fsp3) is 0. The third-order valence-corrected chi connectivity index (χ3v) is 1.18. The molecule has 55 valence electrons. The van der Waals surface area contributed by atoms with Gasteiger partial charge in [-0.3, -0.25) is 0 Å². The number of rotatable bonds is 1. The van der Waals surface area contributed by atoms with Crippen molar-refractivity contribution in [1.82, 2.24) is 0 Å². The number of benzene rings is 1. The van der Waals surface area contributed by atoms with Gasteiger partial charge < -0.3 is 11.0 Å². The molecule has 4 heteroatoms. The van der Waals surface area contributed by atoms with E-state index in [1.54, 1.807) is 6.69 Å². The molecule has 0 aliphatic heterocycles. The molecule has 0 fully saturated rings. The number of hydrogen-bond donors (Lipinski definition) is 0. The lowest BCUT2D eigenvalue weighted by Gasteiger charge is -1.86. The Kier molecular flexibility index (Phi) is 8.07. The second-order valence-electron chi connectivity index (χ2n) is 1.52. The van der Waals surface area contributed by atoms with E-state index in [2.05, 4.69) is 0 Å². The van der Waals surface area contributed by atoms with Gasteiger partial charge in [0, 0.05) is 0 Å². The molecule has 2 nitrogen and oxygen atoms in total. The molecule has 0 aliphatic carbocycles. The van der Waals surface area contributed by atoms with Crippen molar-refractivity contribution in [2.24, 2.45) is 0 Å². The molecule has 1 rings (SSSR count). The molecule has 0 spiro atoms. The Morgan fingerprint density at radius 1 is 1.00 bits per heavy atom. The lowest BCUT2D eigenvalue weighted by molar-refractivity contribution is 0.823. The monoisotopic (exact) mass is 159 g/mol. The smallest absolute Gasteiger partial charge is 0.275 e. The SMILES string of the molecule is Cl[B]c1ccccc1.O.O. The second kappa shape index (κ2) is 6.61. The van der Waals surface area contributed by atoms with Crippen molar-refractivity contribution >= 4 is 23.6 Å². The van der Waals surface area contributed by atoms with E-state index in [-0.39, 0.29) is 11.0 Å². The molecule has 0 atom stereocenters. The van der Waals surface area contributed by atoms with Gasteiger partial charge in [0.25, 0.3) is 6.69 Å². The quantitative estimate of drug-likeness (QED) is 0.497. The summed E-state index contributed by atoms with van der Waals surface area (Å²) in [5.74, 6) is 0. The van der Waals surface area contributed by atoms with Crippen LogP contribution in [-0.4, -0.2) is 17.6 Å². The average Bonchev–Trinajstić information content (AvgIpc) is 1.90. The van der Waals surface area contributed by atoms with E-state index in [1.165, 1.54) is 0 Å². The first-order chi connectivity index (χ1) is 3.93. The van der Waals surface area contributed by atoms with Crippen molar-refractivity contribution in [3.05, 3.63) is 30.3 Å². The van der Waals surface area contributed by atoms with Crippen LogP contribution in [0.25, 0.3) is 0 Å². The molecule has 0 saturated carbocycles. The van der Waals surface area contributed by atoms with Gasteiger partial charge in [0.1, 0.15) is 0 Å². The minimum atomic E-state index is 0. The molecule has 0 aliphatic rings. The number of hydrogen-bond acceptors (Lipinski definition) is 0. The lowest BCUT2D eigenvalue weighted by atomic mass is 9.95. The molecule has 0 unspecified atom stereocenters. The topological polar surface area (TPSA) is 63.0 Å². The standard InChI is InChI=1S/C6H5BCl.2H2O/c8-7-6-4-2-1-3-5-6;;/h1-5H;2*1H2. The highest BCUT2D eigenvalue weighted by Crippen LogP contribution is 1.81. The van der Waals surface area contributed by atoms with Crippen LogP contribution in [0, 0.1) is 0 Å². The van der Waals surface area contributed by atoms with Crippen molar-refractivity contribution in [2.75, 3.05) is 0 Å². The summed E-state index contributed by atoms with van der Waals surface area (Å²) in [4.78, 5) is 0. The van der Waals surface area contributed by atoms with Crippen LogP contribution < -0.4 is 5.46 Å². The molecular weight excluding hydrogens is 150 g/mol. The minimum absolute atomic E-state index is 0. The first kappa shape index (κ1) is 12.2. The third-order valence-electron chi connectivity index (χ3n) is 0.926. The molecular formula is C6H9BClO2. The highest BCUT2D eigenvalue weighted by atomic mass is 35.5. The maximum absolute atomic E-state index is 5.40. The van der Waals surface area contributed by atoms with E-state index in [4.69, 9.17) is 11.5 Å². The van der Waals surface area contributed by atoms with Gasteiger partial charge >= 0.3 is 0 Å². The Morgan fingerprint density at radius 3 is 1.80 bits per heavy atom. The van der Waals surface area contributed by atoms with Crippen molar-refractivity contribution in [2.45, 2.75) is 0 Å². The third kappa shape index (κ3) is 3.51. The fourth-order valence-corrected chi connectivity index (χ4v) is 0.671. The summed E-state index contributed by atoms with van der Waals surface area (Å²) in [6.07, 6.45) is 0. The first-order valence-corrected chi connectivity index (χ1v) is 2.85. The predicted molar refractivity (Wildman–Crippen MR) is 44.9 cm³/mol. The summed E-state index contributed by atoms with van der Waals surface area (Å²) < 4.78 is 0. The van der Waals surface area contributed by atoms with E-state index in [1.807, 2.05) is 30.3 Å². The Labute approximate surface area is 65.6 Å². The Morgan fingerprint density at radius 2 is 1.50 bits per heavy atom. The molecule has 4 N–H and O–H groups in total. The highest BCUT2D eigenvalue weighted by Gasteiger charge is 1.85. The molecule has 10 heavy (non-hydrogen) atoms. The lowest BCUT2D eigenvalue weighted by Crippen LogP contribution is -2.05. The molecule has 0 saturated heterocycles. The van der Waals surface area contributed by atoms with E-state index in [0.29, 0.717) is 0 Å². The van der Waals surface area contributed by atoms with Crippen molar-refractivity contribution in [3.63, 3.8) is 0 Å². The molecule has 1 radical (unpaired) electrons. The van der Waals surface area contributed by atoms with Gasteiger partial charge in [-0.15, -0.1) is 0 Å². The molecule has 0 heterocycles. The highest BCUT2D eigenvalue weighted by molar-refractivity contribution is 7.01. The average molecular weight is 159 g/mol. The summed E-state index contributed by atoms with van der Waals surface area (Å²) in [6, 6.07) is 9.77. The number of halogens is 1. The van der Waals surface area contributed by atoms with Crippen molar-refractivity contribution in [3.8, 4) is 0 Å². The van der Waals surface area contributed by atoms with Gasteiger partial charge in [0.05, 0.1) is 0 Å². The molecule has 0 bridgehead atoms. The Balaban J connectivity index is 0. The summed E-state index contributed by atoms with van der Waals surface area (Å²) >= 11 is 5.40. The maximum Gasteiger partial charge on any atom is 0.275 e. The fourth-order valence-electron chi connectivity index (χ4n) is 0.526. The van der Waals surface area contributed by atoms with E-state index in [9.17, 15) is 0 Å². The zero-order valence-electron chi connectivity index (χ0n) is 5.34. The van der Waals surface area contributed by atoms with E-state index >= 15 is 0 Å². The van der Waals surface area contributed by atoms with Crippen molar-refractivity contribution < 1.29 is 11.0 Å². The maximum atomic E-state index is 5.40. The van der Waals surface area contributed by atoms with Crippen LogP contribution >= 0.6 is 11.5 Å². The van der Waals surface area contributed by atoms with Crippen LogP contribution in [0.5, 0.6) is 0 Å². The largest absolute Gasteiger partial charge is 0.412 e. The zero-order valence-corrected chi connectivity index (χ0v) is 6.10. The second-order valence-corrected chi connectivity index (χ2v) is 1.74. The van der Waals surface area contributed by atoms with Crippen molar-refractivity contribution in [1.29, 1.82) is 0 Å². The van der Waals surface area contributed by atoms with Crippen LogP contribution in [0.15, 0.2) is 30.3 Å². The molecule has 1 aromatic rings. The van der Waals surface area contributed by atoms with Gasteiger partial charge in [-0.05, 0) is 0 Å². The normalized spacial score (nSPS) is 6.90. The summed E-state index contributed by atoms with van der Waals surface area (Å²) in [7, 11) is 0. The van der Waals surface area contributed by atoms with Crippen LogP contribution in [0.1, 0.15) is 0 Å². The minimum Gasteiger partial charge on any atom is -0.412 e. The Bertz CT molecular complexity index is 157. The van der Waals surface area contributed by atoms with Crippen LogP contribution in [-0.2, 0) is 0 Å². The Hall–Kier alpha value is -0.505. The summed E-state index contributed by atoms with van der Waals surface area (Å²) in [6.45, 7) is 1.56. The summed E-state index contributed by atoms with van der Waals surface area (Å²) in [5, 5.41) is 0. The first-order valence-electron chi connectivity index (χ1n) is 2.42. The van der Waals surface area contributed by atoms with Crippen LogP contribution in [0.2, 0.25) is 0 Å². The van der Waals surface area contributed by atoms with Gasteiger partial charge in [-0.1, -0.05) is 35.8 Å². The van der Waals surface area contributed by atoms with Gasteiger partial charge in [0.15, 0.2) is 0 Å². The molecule has 1 aromatic carbocycles. The summed E-state index contributed by atoms with van der Waals surface area (Å²) in [5.41, 5.74) is 1.05. The van der Waals surface area contributed by atoms with E-state index in [0.717, 1.165) is 5.46 Å². The molecule has 0 amide bonds. The van der Waals surface area contributed by atoms with Gasteiger partial charge in [0.2, 0.25) is 0 Å². The van der Waals surface area contributed by atoms with Crippen LogP contribution in [0.3, 0.4) is 0 Å².